The minimum Gasteiger partial charge on any atom is -0.489 e. The summed E-state index contributed by atoms with van der Waals surface area (Å²) in [5, 5.41) is 4.12. The summed E-state index contributed by atoms with van der Waals surface area (Å²) in [4.78, 5) is 15.6. The van der Waals surface area contributed by atoms with Crippen LogP contribution in [0.1, 0.15) is 48.7 Å². The van der Waals surface area contributed by atoms with Gasteiger partial charge < -0.3 is 19.4 Å². The highest BCUT2D eigenvalue weighted by molar-refractivity contribution is 5.99. The first-order valence-electron chi connectivity index (χ1n) is 11.0. The number of rotatable bonds is 8. The molecule has 158 valence electrons. The van der Waals surface area contributed by atoms with Crippen molar-refractivity contribution in [1.82, 2.24) is 10.2 Å². The Kier molecular flexibility index (Phi) is 6.70. The van der Waals surface area contributed by atoms with Gasteiger partial charge in [-0.15, -0.1) is 0 Å². The summed E-state index contributed by atoms with van der Waals surface area (Å²) in [6.45, 7) is 5.74. The summed E-state index contributed by atoms with van der Waals surface area (Å²) in [6.07, 6.45) is 4.41. The Morgan fingerprint density at radius 2 is 1.83 bits per heavy atom. The summed E-state index contributed by atoms with van der Waals surface area (Å²) in [7, 11) is 0. The molecule has 5 nitrogen and oxygen atoms in total. The van der Waals surface area contributed by atoms with Crippen LogP contribution in [0.2, 0.25) is 0 Å². The lowest BCUT2D eigenvalue weighted by molar-refractivity contribution is 0.0881. The third kappa shape index (κ3) is 4.85. The van der Waals surface area contributed by atoms with Crippen molar-refractivity contribution in [2.75, 3.05) is 19.6 Å². The van der Waals surface area contributed by atoms with Gasteiger partial charge in [-0.25, -0.2) is 0 Å². The average molecular weight is 407 g/mol. The quantitative estimate of drug-likeness (QED) is 0.572. The Labute approximate surface area is 178 Å². The second kappa shape index (κ2) is 9.81. The first-order chi connectivity index (χ1) is 14.7. The number of amides is 1. The summed E-state index contributed by atoms with van der Waals surface area (Å²) >= 11 is 0. The summed E-state index contributed by atoms with van der Waals surface area (Å²) < 4.78 is 11.9. The van der Waals surface area contributed by atoms with Gasteiger partial charge >= 0.3 is 0 Å². The van der Waals surface area contributed by atoms with Crippen LogP contribution in [0.15, 0.2) is 59.0 Å². The standard InChI is InChI=1S/C25H30N2O3/c1-2-3-15-27-16-13-19(14-17-27)26-25(28)24-22(18-29-20-9-5-4-6-10-20)21-11-7-8-12-23(21)30-24/h4-12,19H,2-3,13-18H2,1H3,(H,26,28). The topological polar surface area (TPSA) is 54.7 Å². The molecule has 1 amide bonds. The third-order valence-corrected chi connectivity index (χ3v) is 5.78. The van der Waals surface area contributed by atoms with Gasteiger partial charge in [0.05, 0.1) is 0 Å². The van der Waals surface area contributed by atoms with E-state index in [4.69, 9.17) is 9.15 Å². The Balaban J connectivity index is 1.45. The molecule has 30 heavy (non-hydrogen) atoms. The van der Waals surface area contributed by atoms with E-state index in [0.717, 1.165) is 49.2 Å². The fraction of sp³-hybridized carbons (Fsp3) is 0.400. The van der Waals surface area contributed by atoms with E-state index in [1.54, 1.807) is 0 Å². The number of benzene rings is 2. The molecule has 0 spiro atoms. The monoisotopic (exact) mass is 406 g/mol. The predicted octanol–water partition coefficient (Wildman–Crippen LogP) is 5.01. The fourth-order valence-corrected chi connectivity index (χ4v) is 4.03. The first-order valence-corrected chi connectivity index (χ1v) is 11.0. The molecule has 4 rings (SSSR count). The molecule has 0 atom stereocenters. The van der Waals surface area contributed by atoms with Crippen LogP contribution >= 0.6 is 0 Å². The molecule has 2 aromatic carbocycles. The molecule has 0 unspecified atom stereocenters. The van der Waals surface area contributed by atoms with Gasteiger partial charge in [0.1, 0.15) is 17.9 Å². The maximum Gasteiger partial charge on any atom is 0.287 e. The minimum atomic E-state index is -0.148. The number of hydrogen-bond donors (Lipinski definition) is 1. The molecule has 2 heterocycles. The normalized spacial score (nSPS) is 15.4. The van der Waals surface area contributed by atoms with Crippen LogP contribution in [0.3, 0.4) is 0 Å². The van der Waals surface area contributed by atoms with Gasteiger partial charge in [0, 0.05) is 30.1 Å². The maximum absolute atomic E-state index is 13.1. The van der Waals surface area contributed by atoms with Crippen molar-refractivity contribution in [3.8, 4) is 5.75 Å². The van der Waals surface area contributed by atoms with Crippen molar-refractivity contribution in [3.05, 3.63) is 65.9 Å². The summed E-state index contributed by atoms with van der Waals surface area (Å²) in [5.41, 5.74) is 1.51. The SMILES string of the molecule is CCCCN1CCC(NC(=O)c2oc3ccccc3c2COc2ccccc2)CC1. The molecule has 5 heteroatoms. The Bertz CT molecular complexity index is 959. The molecule has 1 fully saturated rings. The molecule has 0 bridgehead atoms. The Hall–Kier alpha value is -2.79. The van der Waals surface area contributed by atoms with Crippen LogP contribution < -0.4 is 10.1 Å². The molecule has 1 aliphatic heterocycles. The highest BCUT2D eigenvalue weighted by Crippen LogP contribution is 2.27. The zero-order chi connectivity index (χ0) is 20.8. The number of unbranched alkanes of at least 4 members (excludes halogenated alkanes) is 1. The smallest absolute Gasteiger partial charge is 0.287 e. The van der Waals surface area contributed by atoms with E-state index in [-0.39, 0.29) is 11.9 Å². The summed E-state index contributed by atoms with van der Waals surface area (Å²) in [6, 6.07) is 17.6. The molecule has 0 radical (unpaired) electrons. The zero-order valence-electron chi connectivity index (χ0n) is 17.6. The van der Waals surface area contributed by atoms with Crippen LogP contribution in [0.25, 0.3) is 11.0 Å². The van der Waals surface area contributed by atoms with E-state index >= 15 is 0 Å². The molecular weight excluding hydrogens is 376 g/mol. The lowest BCUT2D eigenvalue weighted by Crippen LogP contribution is -2.44. The number of piperidine rings is 1. The van der Waals surface area contributed by atoms with E-state index in [2.05, 4.69) is 17.1 Å². The van der Waals surface area contributed by atoms with Gasteiger partial charge in [0.15, 0.2) is 5.76 Å². The Morgan fingerprint density at radius 3 is 2.60 bits per heavy atom. The summed E-state index contributed by atoms with van der Waals surface area (Å²) in [5.74, 6) is 0.985. The number of ether oxygens (including phenoxy) is 1. The van der Waals surface area contributed by atoms with Crippen molar-refractivity contribution in [2.45, 2.75) is 45.3 Å². The number of furan rings is 1. The van der Waals surface area contributed by atoms with Crippen LogP contribution in [0, 0.1) is 0 Å². The zero-order valence-corrected chi connectivity index (χ0v) is 17.6. The van der Waals surface area contributed by atoms with Crippen molar-refractivity contribution in [3.63, 3.8) is 0 Å². The van der Waals surface area contributed by atoms with Crippen LogP contribution in [0.5, 0.6) is 5.75 Å². The van der Waals surface area contributed by atoms with Crippen molar-refractivity contribution in [1.29, 1.82) is 0 Å². The first kappa shape index (κ1) is 20.5. The number of nitrogens with one attached hydrogen (secondary N) is 1. The van der Waals surface area contributed by atoms with E-state index in [0.29, 0.717) is 18.0 Å². The molecule has 0 aliphatic carbocycles. The molecule has 1 saturated heterocycles. The Morgan fingerprint density at radius 1 is 1.10 bits per heavy atom. The number of likely N-dealkylation sites (tertiary alicyclic amines) is 1. The van der Waals surface area contributed by atoms with Gasteiger partial charge in [-0.1, -0.05) is 49.7 Å². The highest BCUT2D eigenvalue weighted by Gasteiger charge is 2.25. The number of hydrogen-bond acceptors (Lipinski definition) is 4. The van der Waals surface area contributed by atoms with Crippen molar-refractivity contribution in [2.24, 2.45) is 0 Å². The van der Waals surface area contributed by atoms with E-state index < -0.39 is 0 Å². The highest BCUT2D eigenvalue weighted by atomic mass is 16.5. The fourth-order valence-electron chi connectivity index (χ4n) is 4.03. The number of nitrogens with zero attached hydrogens (tertiary/aromatic N) is 1. The molecule has 3 aromatic rings. The van der Waals surface area contributed by atoms with Crippen LogP contribution in [0.4, 0.5) is 0 Å². The van der Waals surface area contributed by atoms with Gasteiger partial charge in [-0.3, -0.25) is 4.79 Å². The van der Waals surface area contributed by atoms with E-state index in [9.17, 15) is 4.79 Å². The average Bonchev–Trinajstić information content (AvgIpc) is 3.17. The molecular formula is C25H30N2O3. The largest absolute Gasteiger partial charge is 0.489 e. The number of carbonyl (C=O) groups is 1. The van der Waals surface area contributed by atoms with E-state index in [1.165, 1.54) is 12.8 Å². The maximum atomic E-state index is 13.1. The molecule has 1 aliphatic rings. The second-order valence-electron chi connectivity index (χ2n) is 7.95. The van der Waals surface area contributed by atoms with Gasteiger partial charge in [0.25, 0.3) is 5.91 Å². The third-order valence-electron chi connectivity index (χ3n) is 5.78. The number of fused-ring (bicyclic) bond motifs is 1. The second-order valence-corrected chi connectivity index (χ2v) is 7.95. The van der Waals surface area contributed by atoms with Gasteiger partial charge in [0.2, 0.25) is 0 Å². The van der Waals surface area contributed by atoms with Gasteiger partial charge in [-0.05, 0) is 44.0 Å². The van der Waals surface area contributed by atoms with E-state index in [1.807, 2.05) is 54.6 Å². The number of carbonyl (C=O) groups excluding carboxylic acids is 1. The van der Waals surface area contributed by atoms with Crippen LogP contribution in [-0.4, -0.2) is 36.5 Å². The lowest BCUT2D eigenvalue weighted by atomic mass is 10.0. The predicted molar refractivity (Wildman–Crippen MR) is 119 cm³/mol. The lowest BCUT2D eigenvalue weighted by Gasteiger charge is -2.32. The molecule has 1 aromatic heterocycles. The van der Waals surface area contributed by atoms with Crippen molar-refractivity contribution >= 4 is 16.9 Å². The van der Waals surface area contributed by atoms with Gasteiger partial charge in [-0.2, -0.15) is 0 Å². The number of para-hydroxylation sites is 2. The molecule has 1 N–H and O–H groups in total. The van der Waals surface area contributed by atoms with Crippen LogP contribution in [-0.2, 0) is 6.61 Å². The molecule has 0 saturated carbocycles. The minimum absolute atomic E-state index is 0.148. The van der Waals surface area contributed by atoms with Crippen molar-refractivity contribution < 1.29 is 13.9 Å².